The first-order chi connectivity index (χ1) is 13.7. The number of rotatable bonds is 3. The fraction of sp³-hybridized carbons (Fsp3) is 0.263. The van der Waals surface area contributed by atoms with E-state index in [0.717, 1.165) is 36.1 Å². The van der Waals surface area contributed by atoms with Gasteiger partial charge in [0.2, 0.25) is 6.79 Å². The van der Waals surface area contributed by atoms with Gasteiger partial charge in [-0.3, -0.25) is 9.59 Å². The molecular weight excluding hydrogens is 380 g/mol. The summed E-state index contributed by atoms with van der Waals surface area (Å²) in [5, 5.41) is 16.2. The molecule has 0 fully saturated rings. The molecule has 2 aliphatic rings. The van der Waals surface area contributed by atoms with Crippen molar-refractivity contribution in [3.63, 3.8) is 0 Å². The van der Waals surface area contributed by atoms with E-state index >= 15 is 0 Å². The summed E-state index contributed by atoms with van der Waals surface area (Å²) in [5.74, 6) is -0.531. The Morgan fingerprint density at radius 3 is 2.86 bits per heavy atom. The average Bonchev–Trinajstić information content (AvgIpc) is 3.30. The Morgan fingerprint density at radius 2 is 2.00 bits per heavy atom. The third-order valence-electron chi connectivity index (χ3n) is 4.49. The molecule has 0 atom stereocenters. The van der Waals surface area contributed by atoms with Crippen molar-refractivity contribution >= 4 is 34.4 Å². The van der Waals surface area contributed by atoms with Crippen molar-refractivity contribution in [3.05, 3.63) is 39.8 Å². The maximum absolute atomic E-state index is 12.2. The fourth-order valence-electron chi connectivity index (χ4n) is 3.14. The van der Waals surface area contributed by atoms with Crippen molar-refractivity contribution in [1.82, 2.24) is 5.43 Å². The lowest BCUT2D eigenvalue weighted by Gasteiger charge is -2.09. The summed E-state index contributed by atoms with van der Waals surface area (Å²) in [7, 11) is 0. The molecule has 8 nitrogen and oxygen atoms in total. The summed E-state index contributed by atoms with van der Waals surface area (Å²) in [6.45, 7) is 0.170. The number of anilines is 1. The van der Waals surface area contributed by atoms with E-state index in [1.165, 1.54) is 17.6 Å². The number of carbonyl (C=O) groups is 2. The van der Waals surface area contributed by atoms with Crippen LogP contribution in [0, 0.1) is 11.3 Å². The Bertz CT molecular complexity index is 1020. The number of nitrogens with one attached hydrogen (secondary N) is 2. The Labute approximate surface area is 164 Å². The summed E-state index contributed by atoms with van der Waals surface area (Å²) in [6, 6.07) is 7.35. The van der Waals surface area contributed by atoms with Crippen molar-refractivity contribution in [3.8, 4) is 17.6 Å². The molecule has 1 aromatic heterocycles. The van der Waals surface area contributed by atoms with Gasteiger partial charge in [0.25, 0.3) is 0 Å². The summed E-state index contributed by atoms with van der Waals surface area (Å²) >= 11 is 1.37. The van der Waals surface area contributed by atoms with Gasteiger partial charge in [0.1, 0.15) is 11.1 Å². The van der Waals surface area contributed by atoms with E-state index in [4.69, 9.17) is 9.47 Å². The Balaban J connectivity index is 1.38. The molecule has 2 heterocycles. The van der Waals surface area contributed by atoms with Gasteiger partial charge in [0.05, 0.1) is 11.8 Å². The summed E-state index contributed by atoms with van der Waals surface area (Å²) in [4.78, 5) is 25.3. The Morgan fingerprint density at radius 1 is 1.18 bits per heavy atom. The first-order valence-corrected chi connectivity index (χ1v) is 9.56. The topological polar surface area (TPSA) is 113 Å². The zero-order valence-electron chi connectivity index (χ0n) is 14.8. The van der Waals surface area contributed by atoms with Crippen LogP contribution in [0.1, 0.15) is 34.4 Å². The predicted molar refractivity (Wildman–Crippen MR) is 103 cm³/mol. The number of aryl methyl sites for hydroxylation is 1. The average molecular weight is 396 g/mol. The second kappa shape index (κ2) is 7.70. The lowest BCUT2D eigenvalue weighted by molar-refractivity contribution is -0.136. The smallest absolute Gasteiger partial charge is 0.329 e. The predicted octanol–water partition coefficient (Wildman–Crippen LogP) is 2.32. The van der Waals surface area contributed by atoms with Crippen LogP contribution in [0.25, 0.3) is 0 Å². The summed E-state index contributed by atoms with van der Waals surface area (Å²) in [5.41, 5.74) is 4.33. The number of hydrazone groups is 1. The van der Waals surface area contributed by atoms with Gasteiger partial charge in [0, 0.05) is 4.88 Å². The van der Waals surface area contributed by atoms with Crippen molar-refractivity contribution < 1.29 is 19.1 Å². The van der Waals surface area contributed by atoms with Crippen LogP contribution in [-0.4, -0.2) is 24.8 Å². The minimum atomic E-state index is -0.910. The van der Waals surface area contributed by atoms with Gasteiger partial charge in [-0.05, 0) is 55.0 Å². The molecule has 0 unspecified atom stereocenters. The maximum Gasteiger partial charge on any atom is 0.329 e. The van der Waals surface area contributed by atoms with Gasteiger partial charge in [-0.15, -0.1) is 11.3 Å². The monoisotopic (exact) mass is 396 g/mol. The normalized spacial score (nSPS) is 14.4. The van der Waals surface area contributed by atoms with E-state index in [0.29, 0.717) is 27.6 Å². The zero-order chi connectivity index (χ0) is 19.5. The molecule has 0 radical (unpaired) electrons. The lowest BCUT2D eigenvalue weighted by atomic mass is 9.96. The van der Waals surface area contributed by atoms with Crippen LogP contribution in [0.5, 0.6) is 11.5 Å². The number of thiophene rings is 1. The van der Waals surface area contributed by atoms with E-state index in [1.54, 1.807) is 18.2 Å². The highest BCUT2D eigenvalue weighted by atomic mass is 32.1. The molecular formula is C19H16N4O4S. The third kappa shape index (κ3) is 3.54. The van der Waals surface area contributed by atoms with Crippen molar-refractivity contribution in [2.24, 2.45) is 5.10 Å². The number of hydrogen-bond donors (Lipinski definition) is 2. The maximum atomic E-state index is 12.2. The van der Waals surface area contributed by atoms with Crippen LogP contribution in [0.3, 0.4) is 0 Å². The molecule has 2 N–H and O–H groups in total. The van der Waals surface area contributed by atoms with E-state index in [-0.39, 0.29) is 6.79 Å². The highest BCUT2D eigenvalue weighted by Crippen LogP contribution is 2.37. The van der Waals surface area contributed by atoms with Gasteiger partial charge < -0.3 is 14.8 Å². The second-order valence-corrected chi connectivity index (χ2v) is 7.40. The molecule has 28 heavy (non-hydrogen) atoms. The first kappa shape index (κ1) is 18.0. The number of nitrogens with zero attached hydrogens (tertiary/aromatic N) is 2. The quantitative estimate of drug-likeness (QED) is 0.470. The van der Waals surface area contributed by atoms with E-state index in [9.17, 15) is 14.9 Å². The second-order valence-electron chi connectivity index (χ2n) is 6.29. The standard InChI is InChI=1S/C19H16N4O4S/c20-8-13-12-3-1-2-4-16(12)28-19(13)22-17(24)18(25)23-21-9-11-5-6-14-15(7-11)27-10-26-14/h5-7,9H,1-4,10H2,(H,22,24)(H,23,25)/b21-9-. The molecule has 4 rings (SSSR count). The van der Waals surface area contributed by atoms with Crippen LogP contribution in [-0.2, 0) is 22.4 Å². The first-order valence-electron chi connectivity index (χ1n) is 8.74. The van der Waals surface area contributed by atoms with Crippen LogP contribution in [0.2, 0.25) is 0 Å². The van der Waals surface area contributed by atoms with Gasteiger partial charge in [-0.2, -0.15) is 10.4 Å². The van der Waals surface area contributed by atoms with E-state index in [1.807, 2.05) is 0 Å². The molecule has 0 bridgehead atoms. The van der Waals surface area contributed by atoms with Crippen LogP contribution < -0.4 is 20.2 Å². The van der Waals surface area contributed by atoms with Crippen molar-refractivity contribution in [1.29, 1.82) is 5.26 Å². The van der Waals surface area contributed by atoms with Crippen LogP contribution in [0.4, 0.5) is 5.00 Å². The Hall–Kier alpha value is -3.38. The summed E-state index contributed by atoms with van der Waals surface area (Å²) < 4.78 is 10.5. The Kier molecular flexibility index (Phi) is 4.95. The largest absolute Gasteiger partial charge is 0.454 e. The number of fused-ring (bicyclic) bond motifs is 2. The zero-order valence-corrected chi connectivity index (χ0v) is 15.6. The molecule has 1 aromatic carbocycles. The fourth-order valence-corrected chi connectivity index (χ4v) is 4.38. The molecule has 1 aliphatic heterocycles. The lowest BCUT2D eigenvalue weighted by Crippen LogP contribution is -2.32. The van der Waals surface area contributed by atoms with Gasteiger partial charge >= 0.3 is 11.8 Å². The minimum absolute atomic E-state index is 0.170. The van der Waals surface area contributed by atoms with E-state index in [2.05, 4.69) is 21.9 Å². The van der Waals surface area contributed by atoms with E-state index < -0.39 is 11.8 Å². The molecule has 2 aromatic rings. The van der Waals surface area contributed by atoms with Gasteiger partial charge in [-0.1, -0.05) is 0 Å². The van der Waals surface area contributed by atoms with Gasteiger partial charge in [-0.25, -0.2) is 5.43 Å². The van der Waals surface area contributed by atoms with Crippen molar-refractivity contribution in [2.75, 3.05) is 12.1 Å². The number of hydrogen-bond acceptors (Lipinski definition) is 7. The molecule has 142 valence electrons. The minimum Gasteiger partial charge on any atom is -0.454 e. The molecule has 2 amide bonds. The molecule has 0 spiro atoms. The molecule has 1 aliphatic carbocycles. The highest BCUT2D eigenvalue weighted by Gasteiger charge is 2.23. The van der Waals surface area contributed by atoms with Crippen LogP contribution >= 0.6 is 11.3 Å². The highest BCUT2D eigenvalue weighted by molar-refractivity contribution is 7.16. The van der Waals surface area contributed by atoms with Crippen LogP contribution in [0.15, 0.2) is 23.3 Å². The SMILES string of the molecule is N#Cc1c(NC(=O)C(=O)N/N=C\c2ccc3c(c2)OCO3)sc2c1CCCC2. The van der Waals surface area contributed by atoms with Gasteiger partial charge in [0.15, 0.2) is 11.5 Å². The molecule has 0 saturated heterocycles. The molecule has 9 heteroatoms. The number of ether oxygens (including phenoxy) is 2. The number of carbonyl (C=O) groups excluding carboxylic acids is 2. The number of benzene rings is 1. The molecule has 0 saturated carbocycles. The van der Waals surface area contributed by atoms with Crippen molar-refractivity contribution in [2.45, 2.75) is 25.7 Å². The number of amides is 2. The summed E-state index contributed by atoms with van der Waals surface area (Å²) in [6.07, 6.45) is 5.23. The third-order valence-corrected chi connectivity index (χ3v) is 5.70. The number of nitriles is 1.